The van der Waals surface area contributed by atoms with E-state index in [2.05, 4.69) is 0 Å². The maximum Gasteiger partial charge on any atom is 1.00 e. The Morgan fingerprint density at radius 3 is 2.00 bits per heavy atom. The number of carboxylic acid groups (broad SMARTS) is 1. The van der Waals surface area contributed by atoms with Gasteiger partial charge in [-0.1, -0.05) is 24.3 Å². The number of methoxy groups -OCH3 is 1. The second kappa shape index (κ2) is 7.24. The molecule has 0 saturated carbocycles. The number of carbonyl (C=O) groups excluding carboxylic acids is 2. The number of rotatable bonds is 4. The van der Waals surface area contributed by atoms with Crippen LogP contribution >= 0.6 is 0 Å². The molecule has 0 aliphatic carbocycles. The van der Waals surface area contributed by atoms with E-state index in [-0.39, 0.29) is 46.5 Å². The predicted molar refractivity (Wildman–Crippen MR) is 67.2 cm³/mol. The third kappa shape index (κ3) is 3.48. The molecule has 96 valence electrons. The molecule has 0 aliphatic heterocycles. The molecule has 20 heavy (non-hydrogen) atoms. The van der Waals surface area contributed by atoms with Crippen LogP contribution in [-0.4, -0.2) is 18.9 Å². The van der Waals surface area contributed by atoms with Gasteiger partial charge in [0.2, 0.25) is 0 Å². The molecule has 2 aromatic rings. The SMILES string of the molecule is COc1ccc(C(=O)c2ccccc2C(=O)[O-])cc1.[Na+]. The minimum Gasteiger partial charge on any atom is -0.545 e. The van der Waals surface area contributed by atoms with Crippen LogP contribution in [0.25, 0.3) is 0 Å². The molecule has 0 heterocycles. The Labute approximate surface area is 138 Å². The molecular weight excluding hydrogens is 267 g/mol. The van der Waals surface area contributed by atoms with E-state index < -0.39 is 5.97 Å². The van der Waals surface area contributed by atoms with Crippen molar-refractivity contribution in [3.05, 3.63) is 65.2 Å². The van der Waals surface area contributed by atoms with Gasteiger partial charge in [0.15, 0.2) is 5.78 Å². The summed E-state index contributed by atoms with van der Waals surface area (Å²) in [6.45, 7) is 0. The number of benzene rings is 2. The number of hydrogen-bond donors (Lipinski definition) is 0. The van der Waals surface area contributed by atoms with Crippen LogP contribution in [0.2, 0.25) is 0 Å². The third-order valence-electron chi connectivity index (χ3n) is 2.74. The van der Waals surface area contributed by atoms with Crippen molar-refractivity contribution in [2.75, 3.05) is 7.11 Å². The summed E-state index contributed by atoms with van der Waals surface area (Å²) in [7, 11) is 1.53. The van der Waals surface area contributed by atoms with Crippen LogP contribution in [-0.2, 0) is 0 Å². The van der Waals surface area contributed by atoms with Crippen molar-refractivity contribution in [1.29, 1.82) is 0 Å². The van der Waals surface area contributed by atoms with Crippen LogP contribution in [0.15, 0.2) is 48.5 Å². The van der Waals surface area contributed by atoms with Crippen LogP contribution in [0.4, 0.5) is 0 Å². The molecule has 0 aromatic heterocycles. The number of ether oxygens (including phenoxy) is 1. The van der Waals surface area contributed by atoms with Gasteiger partial charge in [-0.25, -0.2) is 0 Å². The van der Waals surface area contributed by atoms with Crippen molar-refractivity contribution in [1.82, 2.24) is 0 Å². The maximum absolute atomic E-state index is 12.2. The Morgan fingerprint density at radius 1 is 0.950 bits per heavy atom. The summed E-state index contributed by atoms with van der Waals surface area (Å²) in [6, 6.07) is 12.5. The molecule has 0 spiro atoms. The van der Waals surface area contributed by atoms with Crippen LogP contribution in [0.1, 0.15) is 26.3 Å². The smallest absolute Gasteiger partial charge is 0.545 e. The fraction of sp³-hybridized carbons (Fsp3) is 0.0667. The summed E-state index contributed by atoms with van der Waals surface area (Å²) < 4.78 is 5.00. The monoisotopic (exact) mass is 278 g/mol. The molecule has 2 rings (SSSR count). The quantitative estimate of drug-likeness (QED) is 0.493. The number of carbonyl (C=O) groups is 2. The predicted octanol–water partition coefficient (Wildman–Crippen LogP) is -1.71. The second-order valence-corrected chi connectivity index (χ2v) is 3.89. The van der Waals surface area contributed by atoms with Gasteiger partial charge in [0.1, 0.15) is 5.75 Å². The molecular formula is C15H11NaO4. The molecule has 0 aliphatic rings. The summed E-state index contributed by atoms with van der Waals surface area (Å²) in [6.07, 6.45) is 0. The number of aromatic carboxylic acids is 1. The van der Waals surface area contributed by atoms with E-state index in [1.54, 1.807) is 36.4 Å². The summed E-state index contributed by atoms with van der Waals surface area (Å²) in [5, 5.41) is 11.0. The molecule has 0 amide bonds. The molecule has 0 fully saturated rings. The van der Waals surface area contributed by atoms with E-state index in [0.29, 0.717) is 11.3 Å². The first-order valence-corrected chi connectivity index (χ1v) is 5.62. The molecule has 4 nitrogen and oxygen atoms in total. The Kier molecular flexibility index (Phi) is 5.95. The summed E-state index contributed by atoms with van der Waals surface area (Å²) in [5.41, 5.74) is 0.408. The van der Waals surface area contributed by atoms with Crippen LogP contribution in [0.3, 0.4) is 0 Å². The van der Waals surface area contributed by atoms with Gasteiger partial charge in [-0.05, 0) is 24.3 Å². The van der Waals surface area contributed by atoms with E-state index in [1.165, 1.54) is 19.2 Å². The van der Waals surface area contributed by atoms with Gasteiger partial charge < -0.3 is 14.6 Å². The van der Waals surface area contributed by atoms with Crippen LogP contribution < -0.4 is 39.4 Å². The van der Waals surface area contributed by atoms with Crippen molar-refractivity contribution in [2.24, 2.45) is 0 Å². The average Bonchev–Trinajstić information content (AvgIpc) is 2.46. The minimum absolute atomic E-state index is 0. The summed E-state index contributed by atoms with van der Waals surface area (Å²) in [5.74, 6) is -1.09. The zero-order valence-corrected chi connectivity index (χ0v) is 13.3. The Hall–Kier alpha value is -1.62. The van der Waals surface area contributed by atoms with E-state index in [4.69, 9.17) is 4.74 Å². The van der Waals surface area contributed by atoms with Gasteiger partial charge in [-0.15, -0.1) is 0 Å². The van der Waals surface area contributed by atoms with Crippen LogP contribution in [0.5, 0.6) is 5.75 Å². The van der Waals surface area contributed by atoms with Crippen molar-refractivity contribution >= 4 is 11.8 Å². The first-order valence-electron chi connectivity index (χ1n) is 5.62. The van der Waals surface area contributed by atoms with Crippen molar-refractivity contribution < 1.29 is 49.0 Å². The molecule has 0 saturated heterocycles. The van der Waals surface area contributed by atoms with Gasteiger partial charge in [-0.3, -0.25) is 4.79 Å². The summed E-state index contributed by atoms with van der Waals surface area (Å²) in [4.78, 5) is 23.2. The largest absolute Gasteiger partial charge is 1.00 e. The van der Waals surface area contributed by atoms with Gasteiger partial charge >= 0.3 is 29.6 Å². The Morgan fingerprint density at radius 2 is 1.50 bits per heavy atom. The first kappa shape index (κ1) is 16.4. The molecule has 5 heteroatoms. The van der Waals surface area contributed by atoms with Crippen molar-refractivity contribution in [3.8, 4) is 5.75 Å². The zero-order valence-electron chi connectivity index (χ0n) is 11.3. The van der Waals surface area contributed by atoms with Gasteiger partial charge in [0.05, 0.1) is 13.1 Å². The normalized spacial score (nSPS) is 9.45. The van der Waals surface area contributed by atoms with Gasteiger partial charge in [0, 0.05) is 16.7 Å². The fourth-order valence-corrected chi connectivity index (χ4v) is 1.76. The Balaban J connectivity index is 0.00000200. The topological polar surface area (TPSA) is 66.4 Å². The van der Waals surface area contributed by atoms with Gasteiger partial charge in [0.25, 0.3) is 0 Å². The minimum atomic E-state index is -1.36. The third-order valence-corrected chi connectivity index (χ3v) is 2.74. The fourth-order valence-electron chi connectivity index (χ4n) is 1.76. The van der Waals surface area contributed by atoms with E-state index >= 15 is 0 Å². The molecule has 0 atom stereocenters. The summed E-state index contributed by atoms with van der Waals surface area (Å²) >= 11 is 0. The zero-order chi connectivity index (χ0) is 13.8. The number of hydrogen-bond acceptors (Lipinski definition) is 4. The van der Waals surface area contributed by atoms with E-state index in [1.807, 2.05) is 0 Å². The van der Waals surface area contributed by atoms with E-state index in [9.17, 15) is 14.7 Å². The van der Waals surface area contributed by atoms with Crippen LogP contribution in [0, 0.1) is 0 Å². The standard InChI is InChI=1S/C15H12O4.Na/c1-19-11-8-6-10(7-9-11)14(16)12-4-2-3-5-13(12)15(17)18;/h2-9H,1H3,(H,17,18);/q;+1/p-1. The average molecular weight is 278 g/mol. The number of carboxylic acids is 1. The molecule has 0 radical (unpaired) electrons. The van der Waals surface area contributed by atoms with Crippen molar-refractivity contribution in [3.63, 3.8) is 0 Å². The first-order chi connectivity index (χ1) is 9.13. The van der Waals surface area contributed by atoms with E-state index in [0.717, 1.165) is 0 Å². The molecule has 0 bridgehead atoms. The maximum atomic E-state index is 12.2. The van der Waals surface area contributed by atoms with Gasteiger partial charge in [-0.2, -0.15) is 0 Å². The second-order valence-electron chi connectivity index (χ2n) is 3.89. The number of ketones is 1. The molecule has 0 unspecified atom stereocenters. The molecule has 2 aromatic carbocycles. The Bertz CT molecular complexity index is 620. The van der Waals surface area contributed by atoms with Crippen molar-refractivity contribution in [2.45, 2.75) is 0 Å². The molecule has 0 N–H and O–H groups in total.